The predicted molar refractivity (Wildman–Crippen MR) is 178 cm³/mol. The van der Waals surface area contributed by atoms with Crippen molar-refractivity contribution in [3.8, 4) is 17.2 Å². The van der Waals surface area contributed by atoms with E-state index >= 15 is 0 Å². The first-order chi connectivity index (χ1) is 23.4. The SMILES string of the molecule is CC(C)N(C(=O)c1cc(F)ccc1Oc1cncnc1N1CC2(CC(Oc3ccnc4c3C(CCN(C)C)NCC4)C2)C1)C1CC(F)(F)C1. The van der Waals surface area contributed by atoms with Gasteiger partial charge in [-0.1, -0.05) is 0 Å². The number of carbonyl (C=O) groups excluding carboxylic acids is 1. The number of nitrogens with one attached hydrogen (secondary N) is 1. The van der Waals surface area contributed by atoms with E-state index in [-0.39, 0.29) is 34.9 Å². The van der Waals surface area contributed by atoms with Crippen LogP contribution in [0.15, 0.2) is 43.0 Å². The highest BCUT2D eigenvalue weighted by atomic mass is 19.3. The molecule has 49 heavy (non-hydrogen) atoms. The number of benzene rings is 1. The van der Waals surface area contributed by atoms with Crippen LogP contribution in [0.5, 0.6) is 17.2 Å². The van der Waals surface area contributed by atoms with Crippen molar-refractivity contribution in [2.45, 2.75) is 82.5 Å². The molecule has 262 valence electrons. The van der Waals surface area contributed by atoms with Crippen molar-refractivity contribution in [3.63, 3.8) is 0 Å². The Morgan fingerprint density at radius 1 is 1.08 bits per heavy atom. The highest BCUT2D eigenvalue weighted by molar-refractivity contribution is 5.97. The standard InChI is InChI=1S/C36H44F3N7O3/c1-22(2)46(24-14-36(38,39)15-24)34(47)26-13-23(37)5-6-29(26)49-31-18-40-21-43-33(31)45-19-35(20-45)16-25(17-35)48-30-8-11-42-27-7-10-41-28(32(27)30)9-12-44(3)4/h5-6,8,11,13,18,21-22,24-25,28,41H,7,9-10,12,14-17,19-20H2,1-4H3. The van der Waals surface area contributed by atoms with Crippen LogP contribution in [0.1, 0.15) is 73.6 Å². The van der Waals surface area contributed by atoms with Crippen LogP contribution in [-0.4, -0.2) is 95.0 Å². The molecule has 1 atom stereocenters. The topological polar surface area (TPSA) is 96.0 Å². The summed E-state index contributed by atoms with van der Waals surface area (Å²) in [6, 6.07) is 4.91. The number of nitrogens with zero attached hydrogens (tertiary/aromatic N) is 6. The molecule has 7 rings (SSSR count). The molecule has 2 saturated carbocycles. The maximum atomic E-state index is 14.5. The van der Waals surface area contributed by atoms with Crippen molar-refractivity contribution in [1.82, 2.24) is 30.1 Å². The molecule has 2 aliphatic heterocycles. The highest BCUT2D eigenvalue weighted by Gasteiger charge is 2.55. The van der Waals surface area contributed by atoms with Gasteiger partial charge in [0.25, 0.3) is 11.8 Å². The molecule has 1 unspecified atom stereocenters. The van der Waals surface area contributed by atoms with Gasteiger partial charge in [0, 0.05) is 74.2 Å². The molecule has 1 N–H and O–H groups in total. The van der Waals surface area contributed by atoms with Crippen LogP contribution in [0.4, 0.5) is 19.0 Å². The lowest BCUT2D eigenvalue weighted by Gasteiger charge is -2.59. The second kappa shape index (κ2) is 13.1. The summed E-state index contributed by atoms with van der Waals surface area (Å²) < 4.78 is 54.8. The summed E-state index contributed by atoms with van der Waals surface area (Å²) in [5, 5.41) is 3.66. The van der Waals surface area contributed by atoms with Gasteiger partial charge < -0.3 is 29.5 Å². The van der Waals surface area contributed by atoms with E-state index in [9.17, 15) is 18.0 Å². The van der Waals surface area contributed by atoms with E-state index in [1.807, 2.05) is 12.3 Å². The molecular formula is C36H44F3N7O3. The van der Waals surface area contributed by atoms with Crippen LogP contribution in [0, 0.1) is 11.2 Å². The van der Waals surface area contributed by atoms with Gasteiger partial charge in [0.15, 0.2) is 11.6 Å². The van der Waals surface area contributed by atoms with Gasteiger partial charge in [0.05, 0.1) is 17.5 Å². The summed E-state index contributed by atoms with van der Waals surface area (Å²) in [6.45, 7) is 6.92. The smallest absolute Gasteiger partial charge is 0.258 e. The lowest BCUT2D eigenvalue weighted by molar-refractivity contribution is -0.120. The van der Waals surface area contributed by atoms with E-state index in [4.69, 9.17) is 9.47 Å². The monoisotopic (exact) mass is 679 g/mol. The summed E-state index contributed by atoms with van der Waals surface area (Å²) in [4.78, 5) is 32.7. The predicted octanol–water partition coefficient (Wildman–Crippen LogP) is 5.64. The molecule has 1 saturated heterocycles. The lowest BCUT2D eigenvalue weighted by Crippen LogP contribution is -2.65. The number of aromatic nitrogens is 3. The largest absolute Gasteiger partial charge is 0.490 e. The van der Waals surface area contributed by atoms with Crippen LogP contribution in [0.25, 0.3) is 0 Å². The third-order valence-electron chi connectivity index (χ3n) is 10.3. The van der Waals surface area contributed by atoms with Crippen molar-refractivity contribution < 1.29 is 27.4 Å². The normalized spacial score (nSPS) is 21.2. The Balaban J connectivity index is 1.01. The van der Waals surface area contributed by atoms with Crippen LogP contribution >= 0.6 is 0 Å². The van der Waals surface area contributed by atoms with Crippen molar-refractivity contribution in [1.29, 1.82) is 0 Å². The Bertz CT molecular complexity index is 1680. The average Bonchev–Trinajstić information content (AvgIpc) is 3.00. The van der Waals surface area contributed by atoms with Crippen LogP contribution in [0.3, 0.4) is 0 Å². The Morgan fingerprint density at radius 3 is 2.57 bits per heavy atom. The fourth-order valence-corrected chi connectivity index (χ4v) is 7.90. The fourth-order valence-electron chi connectivity index (χ4n) is 7.90. The van der Waals surface area contributed by atoms with E-state index < -0.39 is 36.5 Å². The molecule has 2 aliphatic carbocycles. The zero-order valence-corrected chi connectivity index (χ0v) is 28.5. The molecule has 1 amide bonds. The summed E-state index contributed by atoms with van der Waals surface area (Å²) in [5.41, 5.74) is 2.38. The third kappa shape index (κ3) is 6.79. The van der Waals surface area contributed by atoms with E-state index in [0.717, 1.165) is 69.4 Å². The number of amides is 1. The molecule has 1 aromatic carbocycles. The number of halogens is 3. The molecule has 0 radical (unpaired) electrons. The third-order valence-corrected chi connectivity index (χ3v) is 10.3. The first-order valence-corrected chi connectivity index (χ1v) is 17.2. The van der Waals surface area contributed by atoms with Crippen molar-refractivity contribution in [2.24, 2.45) is 5.41 Å². The van der Waals surface area contributed by atoms with Crippen molar-refractivity contribution in [2.75, 3.05) is 45.2 Å². The van der Waals surface area contributed by atoms with Crippen molar-refractivity contribution in [3.05, 3.63) is 65.6 Å². The number of hydrogen-bond donors (Lipinski definition) is 1. The van der Waals surface area contributed by atoms with Gasteiger partial charge in [-0.3, -0.25) is 9.78 Å². The van der Waals surface area contributed by atoms with E-state index in [1.165, 1.54) is 35.1 Å². The maximum absolute atomic E-state index is 14.5. The molecule has 0 bridgehead atoms. The summed E-state index contributed by atoms with van der Waals surface area (Å²) in [7, 11) is 4.17. The quantitative estimate of drug-likeness (QED) is 0.277. The molecule has 3 fully saturated rings. The number of anilines is 1. The lowest BCUT2D eigenvalue weighted by atomic mass is 9.61. The molecule has 13 heteroatoms. The Hall–Kier alpha value is -3.97. The van der Waals surface area contributed by atoms with Crippen LogP contribution in [-0.2, 0) is 6.42 Å². The Labute approximate surface area is 285 Å². The van der Waals surface area contributed by atoms with Gasteiger partial charge in [-0.15, -0.1) is 0 Å². The first-order valence-electron chi connectivity index (χ1n) is 17.2. The number of carbonyl (C=O) groups is 1. The van der Waals surface area contributed by atoms with Gasteiger partial charge in [-0.2, -0.15) is 0 Å². The molecule has 4 aliphatic rings. The zero-order chi connectivity index (χ0) is 34.5. The maximum Gasteiger partial charge on any atom is 0.258 e. The zero-order valence-electron chi connectivity index (χ0n) is 28.5. The van der Waals surface area contributed by atoms with E-state index in [2.05, 4.69) is 44.2 Å². The minimum absolute atomic E-state index is 0.0322. The second-order valence-corrected chi connectivity index (χ2v) is 14.7. The second-order valence-electron chi connectivity index (χ2n) is 14.7. The van der Waals surface area contributed by atoms with Crippen molar-refractivity contribution >= 4 is 11.7 Å². The number of rotatable bonds is 11. The molecule has 3 aromatic rings. The minimum atomic E-state index is -2.80. The fraction of sp³-hybridized carbons (Fsp3) is 0.556. The first kappa shape index (κ1) is 33.5. The summed E-state index contributed by atoms with van der Waals surface area (Å²) >= 11 is 0. The molecular weight excluding hydrogens is 635 g/mol. The molecule has 10 nitrogen and oxygen atoms in total. The average molecular weight is 680 g/mol. The van der Waals surface area contributed by atoms with Gasteiger partial charge in [-0.25, -0.2) is 23.1 Å². The number of pyridine rings is 1. The number of alkyl halides is 2. The summed E-state index contributed by atoms with van der Waals surface area (Å²) in [6.07, 6.45) is 7.81. The molecule has 1 spiro atoms. The van der Waals surface area contributed by atoms with Crippen LogP contribution < -0.4 is 19.7 Å². The number of hydrogen-bond acceptors (Lipinski definition) is 9. The number of fused-ring (bicyclic) bond motifs is 1. The number of ether oxygens (including phenoxy) is 2. The van der Waals surface area contributed by atoms with E-state index in [1.54, 1.807) is 13.8 Å². The van der Waals surface area contributed by atoms with Gasteiger partial charge in [0.2, 0.25) is 0 Å². The van der Waals surface area contributed by atoms with Gasteiger partial charge >= 0.3 is 0 Å². The van der Waals surface area contributed by atoms with Crippen LogP contribution in [0.2, 0.25) is 0 Å². The molecule has 2 aromatic heterocycles. The summed E-state index contributed by atoms with van der Waals surface area (Å²) in [5.74, 6) is -2.03. The Morgan fingerprint density at radius 2 is 1.86 bits per heavy atom. The Kier molecular flexibility index (Phi) is 8.93. The van der Waals surface area contributed by atoms with Gasteiger partial charge in [-0.05, 0) is 78.0 Å². The van der Waals surface area contributed by atoms with Gasteiger partial charge in [0.1, 0.15) is 29.7 Å². The van der Waals surface area contributed by atoms with E-state index in [0.29, 0.717) is 11.6 Å². The molecule has 4 heterocycles. The minimum Gasteiger partial charge on any atom is -0.490 e. The highest BCUT2D eigenvalue weighted by Crippen LogP contribution is 2.52.